The molecule has 0 fully saturated rings. The van der Waals surface area contributed by atoms with Crippen LogP contribution in [-0.4, -0.2) is 11.1 Å². The van der Waals surface area contributed by atoms with Crippen molar-refractivity contribution >= 4 is 34.9 Å². The van der Waals surface area contributed by atoms with Gasteiger partial charge in [-0.1, -0.05) is 29.3 Å². The van der Waals surface area contributed by atoms with Gasteiger partial charge in [-0.15, -0.1) is 0 Å². The topological polar surface area (TPSA) is 40.5 Å². The van der Waals surface area contributed by atoms with E-state index in [4.69, 9.17) is 23.2 Å². The SMILES string of the molecule is O=C(O)c1cc(Cl)ccc1N1Cc2ccc(Cl)cc2C1. The summed E-state index contributed by atoms with van der Waals surface area (Å²) in [6.45, 7) is 1.33. The number of rotatable bonds is 2. The van der Waals surface area contributed by atoms with E-state index in [0.717, 1.165) is 5.56 Å². The maximum atomic E-state index is 11.4. The molecule has 102 valence electrons. The Morgan fingerprint density at radius 2 is 1.65 bits per heavy atom. The number of fused-ring (bicyclic) bond motifs is 1. The van der Waals surface area contributed by atoms with E-state index in [0.29, 0.717) is 28.8 Å². The number of hydrogen-bond donors (Lipinski definition) is 1. The number of carbonyl (C=O) groups is 1. The number of aromatic carboxylic acids is 1. The van der Waals surface area contributed by atoms with Crippen molar-refractivity contribution in [3.8, 4) is 0 Å². The van der Waals surface area contributed by atoms with Gasteiger partial charge in [-0.3, -0.25) is 0 Å². The minimum Gasteiger partial charge on any atom is -0.478 e. The maximum absolute atomic E-state index is 11.4. The number of carboxylic acids is 1. The first-order chi connectivity index (χ1) is 9.54. The van der Waals surface area contributed by atoms with Crippen LogP contribution in [-0.2, 0) is 13.1 Å². The van der Waals surface area contributed by atoms with Gasteiger partial charge in [0.2, 0.25) is 0 Å². The van der Waals surface area contributed by atoms with Crippen molar-refractivity contribution in [2.24, 2.45) is 0 Å². The quantitative estimate of drug-likeness (QED) is 0.903. The molecular weight excluding hydrogens is 297 g/mol. The molecule has 0 saturated carbocycles. The number of carboxylic acid groups (broad SMARTS) is 1. The molecule has 0 spiro atoms. The molecule has 0 amide bonds. The second-order valence-corrected chi connectivity index (χ2v) is 5.61. The van der Waals surface area contributed by atoms with Gasteiger partial charge in [0.1, 0.15) is 0 Å². The van der Waals surface area contributed by atoms with Crippen LogP contribution >= 0.6 is 23.2 Å². The average molecular weight is 308 g/mol. The predicted molar refractivity (Wildman–Crippen MR) is 79.8 cm³/mol. The maximum Gasteiger partial charge on any atom is 0.337 e. The van der Waals surface area contributed by atoms with Crippen LogP contribution in [0.15, 0.2) is 36.4 Å². The molecule has 1 N–H and O–H groups in total. The van der Waals surface area contributed by atoms with Crippen molar-refractivity contribution in [1.82, 2.24) is 0 Å². The summed E-state index contributed by atoms with van der Waals surface area (Å²) in [7, 11) is 0. The second kappa shape index (κ2) is 5.00. The number of anilines is 1. The third-order valence-electron chi connectivity index (χ3n) is 3.42. The normalized spacial score (nSPS) is 13.4. The zero-order chi connectivity index (χ0) is 14.3. The summed E-state index contributed by atoms with van der Waals surface area (Å²) in [5, 5.41) is 10.4. The first kappa shape index (κ1) is 13.3. The van der Waals surface area contributed by atoms with Crippen LogP contribution in [0, 0.1) is 0 Å². The van der Waals surface area contributed by atoms with E-state index in [-0.39, 0.29) is 5.56 Å². The molecule has 0 saturated heterocycles. The number of benzene rings is 2. The standard InChI is InChI=1S/C15H11Cl2NO2/c16-11-2-1-9-7-18(8-10(9)5-11)14-4-3-12(17)6-13(14)15(19)20/h1-6H,7-8H2,(H,19,20). The lowest BCUT2D eigenvalue weighted by Gasteiger charge is -2.20. The highest BCUT2D eigenvalue weighted by Gasteiger charge is 2.23. The summed E-state index contributed by atoms with van der Waals surface area (Å²) < 4.78 is 0. The molecule has 2 aromatic rings. The van der Waals surface area contributed by atoms with Gasteiger partial charge < -0.3 is 10.0 Å². The molecule has 1 aliphatic heterocycles. The summed E-state index contributed by atoms with van der Waals surface area (Å²) in [5.41, 5.74) is 3.19. The molecule has 2 aromatic carbocycles. The Hall–Kier alpha value is -1.71. The summed E-state index contributed by atoms with van der Waals surface area (Å²) in [5.74, 6) is -0.975. The first-order valence-electron chi connectivity index (χ1n) is 6.09. The van der Waals surface area contributed by atoms with Gasteiger partial charge in [0, 0.05) is 23.1 Å². The molecule has 3 nitrogen and oxygen atoms in total. The number of halogens is 2. The predicted octanol–water partition coefficient (Wildman–Crippen LogP) is 4.21. The minimum atomic E-state index is -0.975. The van der Waals surface area contributed by atoms with Crippen LogP contribution in [0.4, 0.5) is 5.69 Å². The van der Waals surface area contributed by atoms with E-state index < -0.39 is 5.97 Å². The van der Waals surface area contributed by atoms with Crippen LogP contribution in [0.2, 0.25) is 10.0 Å². The summed E-state index contributed by atoms with van der Waals surface area (Å²) in [6.07, 6.45) is 0. The molecule has 1 heterocycles. The van der Waals surface area contributed by atoms with Crippen LogP contribution in [0.5, 0.6) is 0 Å². The molecule has 0 aliphatic carbocycles. The highest BCUT2D eigenvalue weighted by Crippen LogP contribution is 2.33. The third kappa shape index (κ3) is 2.35. The van der Waals surface area contributed by atoms with E-state index in [2.05, 4.69) is 0 Å². The van der Waals surface area contributed by atoms with Crippen LogP contribution in [0.1, 0.15) is 21.5 Å². The van der Waals surface area contributed by atoms with Crippen molar-refractivity contribution in [2.75, 3.05) is 4.90 Å². The monoisotopic (exact) mass is 307 g/mol. The van der Waals surface area contributed by atoms with E-state index in [9.17, 15) is 9.90 Å². The number of nitrogens with zero attached hydrogens (tertiary/aromatic N) is 1. The van der Waals surface area contributed by atoms with Crippen molar-refractivity contribution in [3.05, 3.63) is 63.1 Å². The van der Waals surface area contributed by atoms with Gasteiger partial charge in [-0.05, 0) is 41.5 Å². The third-order valence-corrected chi connectivity index (χ3v) is 3.89. The Bertz CT molecular complexity index is 700. The Balaban J connectivity index is 1.99. The Kier molecular flexibility index (Phi) is 3.32. The molecule has 0 atom stereocenters. The van der Waals surface area contributed by atoms with Gasteiger partial charge >= 0.3 is 5.97 Å². The summed E-state index contributed by atoms with van der Waals surface area (Å²) in [6, 6.07) is 10.7. The van der Waals surface area contributed by atoms with Crippen molar-refractivity contribution in [2.45, 2.75) is 13.1 Å². The van der Waals surface area contributed by atoms with Crippen molar-refractivity contribution < 1.29 is 9.90 Å². The van der Waals surface area contributed by atoms with Crippen molar-refractivity contribution in [3.63, 3.8) is 0 Å². The molecule has 20 heavy (non-hydrogen) atoms. The Morgan fingerprint density at radius 3 is 2.40 bits per heavy atom. The zero-order valence-electron chi connectivity index (χ0n) is 10.4. The zero-order valence-corrected chi connectivity index (χ0v) is 11.9. The van der Waals surface area contributed by atoms with Gasteiger partial charge in [-0.25, -0.2) is 4.79 Å². The summed E-state index contributed by atoms with van der Waals surface area (Å²) >= 11 is 11.9. The Labute approximate surface area is 126 Å². The lowest BCUT2D eigenvalue weighted by Crippen LogP contribution is -2.18. The highest BCUT2D eigenvalue weighted by molar-refractivity contribution is 6.31. The fourth-order valence-electron chi connectivity index (χ4n) is 2.49. The smallest absolute Gasteiger partial charge is 0.337 e. The molecule has 3 rings (SSSR count). The lowest BCUT2D eigenvalue weighted by atomic mass is 10.1. The fourth-order valence-corrected chi connectivity index (χ4v) is 2.86. The van der Waals surface area contributed by atoms with E-state index in [1.54, 1.807) is 12.1 Å². The molecule has 0 radical (unpaired) electrons. The van der Waals surface area contributed by atoms with E-state index in [1.165, 1.54) is 11.6 Å². The second-order valence-electron chi connectivity index (χ2n) is 4.74. The molecular formula is C15H11Cl2NO2. The van der Waals surface area contributed by atoms with Crippen LogP contribution in [0.3, 0.4) is 0 Å². The Morgan fingerprint density at radius 1 is 1.00 bits per heavy atom. The first-order valence-corrected chi connectivity index (χ1v) is 6.85. The van der Waals surface area contributed by atoms with Gasteiger partial charge in [0.25, 0.3) is 0 Å². The van der Waals surface area contributed by atoms with E-state index >= 15 is 0 Å². The van der Waals surface area contributed by atoms with Crippen LogP contribution < -0.4 is 4.90 Å². The lowest BCUT2D eigenvalue weighted by molar-refractivity contribution is 0.0697. The van der Waals surface area contributed by atoms with Gasteiger partial charge in [0.15, 0.2) is 0 Å². The largest absolute Gasteiger partial charge is 0.478 e. The summed E-state index contributed by atoms with van der Waals surface area (Å²) in [4.78, 5) is 13.4. The molecule has 0 aromatic heterocycles. The average Bonchev–Trinajstić information content (AvgIpc) is 2.81. The molecule has 5 heteroatoms. The minimum absolute atomic E-state index is 0.219. The van der Waals surface area contributed by atoms with Gasteiger partial charge in [0.05, 0.1) is 11.3 Å². The molecule has 0 bridgehead atoms. The van der Waals surface area contributed by atoms with Gasteiger partial charge in [-0.2, -0.15) is 0 Å². The molecule has 0 unspecified atom stereocenters. The van der Waals surface area contributed by atoms with Crippen LogP contribution in [0.25, 0.3) is 0 Å². The number of hydrogen-bond acceptors (Lipinski definition) is 2. The van der Waals surface area contributed by atoms with Crippen molar-refractivity contribution in [1.29, 1.82) is 0 Å². The fraction of sp³-hybridized carbons (Fsp3) is 0.133. The highest BCUT2D eigenvalue weighted by atomic mass is 35.5. The molecule has 1 aliphatic rings. The van der Waals surface area contributed by atoms with E-state index in [1.807, 2.05) is 23.1 Å².